The van der Waals surface area contributed by atoms with Crippen molar-refractivity contribution in [1.29, 1.82) is 0 Å². The Morgan fingerprint density at radius 2 is 2.14 bits per heavy atom. The third-order valence-electron chi connectivity index (χ3n) is 4.01. The zero-order valence-electron chi connectivity index (χ0n) is 12.9. The number of hydrogen-bond donors (Lipinski definition) is 1. The monoisotopic (exact) mass is 288 g/mol. The lowest BCUT2D eigenvalue weighted by Gasteiger charge is -2.18. The molecule has 0 aliphatic heterocycles. The minimum absolute atomic E-state index is 0.713. The van der Waals surface area contributed by atoms with Crippen molar-refractivity contribution in [1.82, 2.24) is 10.2 Å². The second-order valence-electron chi connectivity index (χ2n) is 5.83. The second-order valence-corrected chi connectivity index (χ2v) is 5.83. The quantitative estimate of drug-likeness (QED) is 0.807. The average Bonchev–Trinajstić information content (AvgIpc) is 3.05. The molecule has 0 spiro atoms. The Morgan fingerprint density at radius 1 is 1.29 bits per heavy atom. The van der Waals surface area contributed by atoms with Crippen molar-refractivity contribution >= 4 is 0 Å². The lowest BCUT2D eigenvalue weighted by atomic mass is 10.2. The molecule has 21 heavy (non-hydrogen) atoms. The fourth-order valence-electron chi connectivity index (χ4n) is 2.51. The smallest absolute Gasteiger partial charge is 0.118 e. The first kappa shape index (κ1) is 14.4. The van der Waals surface area contributed by atoms with Crippen molar-refractivity contribution in [2.45, 2.75) is 52.4 Å². The lowest BCUT2D eigenvalue weighted by Crippen LogP contribution is -2.22. The fourth-order valence-corrected chi connectivity index (χ4v) is 2.51. The number of furan rings is 2. The molecule has 0 atom stereocenters. The Balaban J connectivity index is 1.59. The summed E-state index contributed by atoms with van der Waals surface area (Å²) in [4.78, 5) is 2.36. The average molecular weight is 288 g/mol. The first-order chi connectivity index (χ1) is 10.2. The molecule has 0 unspecified atom stereocenters. The van der Waals surface area contributed by atoms with Crippen LogP contribution in [0, 0.1) is 6.92 Å². The molecule has 0 amide bonds. The minimum atomic E-state index is 0.713. The summed E-state index contributed by atoms with van der Waals surface area (Å²) in [6, 6.07) is 6.87. The molecule has 1 N–H and O–H groups in total. The van der Waals surface area contributed by atoms with Gasteiger partial charge in [-0.25, -0.2) is 0 Å². The van der Waals surface area contributed by atoms with Gasteiger partial charge in [-0.3, -0.25) is 4.90 Å². The van der Waals surface area contributed by atoms with Crippen molar-refractivity contribution in [3.8, 4) is 0 Å². The highest BCUT2D eigenvalue weighted by atomic mass is 16.3. The highest BCUT2D eigenvalue weighted by Crippen LogP contribution is 2.21. The van der Waals surface area contributed by atoms with E-state index in [-0.39, 0.29) is 0 Å². The van der Waals surface area contributed by atoms with Crippen molar-refractivity contribution in [3.63, 3.8) is 0 Å². The van der Waals surface area contributed by atoms with Gasteiger partial charge in [-0.15, -0.1) is 0 Å². The number of nitrogens with zero attached hydrogens (tertiary/aromatic N) is 1. The van der Waals surface area contributed by atoms with Crippen LogP contribution in [0.1, 0.15) is 42.6 Å². The van der Waals surface area contributed by atoms with Crippen molar-refractivity contribution in [2.24, 2.45) is 0 Å². The number of nitrogens with one attached hydrogen (secondary N) is 1. The van der Waals surface area contributed by atoms with Gasteiger partial charge in [0, 0.05) is 18.2 Å². The molecule has 114 valence electrons. The first-order valence-corrected chi connectivity index (χ1v) is 7.81. The summed E-state index contributed by atoms with van der Waals surface area (Å²) in [5, 5.41) is 3.49. The first-order valence-electron chi connectivity index (χ1n) is 7.81. The summed E-state index contributed by atoms with van der Waals surface area (Å²) in [5.74, 6) is 3.08. The summed E-state index contributed by atoms with van der Waals surface area (Å²) in [5.41, 5.74) is 1.27. The van der Waals surface area contributed by atoms with Gasteiger partial charge in [0.15, 0.2) is 0 Å². The zero-order chi connectivity index (χ0) is 14.7. The molecule has 2 aromatic rings. The maximum atomic E-state index is 5.86. The number of rotatable bonds is 8. The van der Waals surface area contributed by atoms with Crippen molar-refractivity contribution in [2.75, 3.05) is 6.54 Å². The highest BCUT2D eigenvalue weighted by molar-refractivity contribution is 5.21. The molecule has 1 aliphatic rings. The molecule has 2 aromatic heterocycles. The highest BCUT2D eigenvalue weighted by Gasteiger charge is 2.21. The lowest BCUT2D eigenvalue weighted by molar-refractivity contribution is 0.246. The van der Waals surface area contributed by atoms with Crippen LogP contribution in [-0.4, -0.2) is 17.5 Å². The van der Waals surface area contributed by atoms with E-state index >= 15 is 0 Å². The van der Waals surface area contributed by atoms with Crippen LogP contribution in [0.25, 0.3) is 0 Å². The third-order valence-corrected chi connectivity index (χ3v) is 4.01. The summed E-state index contributed by atoms with van der Waals surface area (Å²) in [6.45, 7) is 7.79. The van der Waals surface area contributed by atoms with Gasteiger partial charge in [0.25, 0.3) is 0 Å². The Bertz CT molecular complexity index is 555. The molecular weight excluding hydrogens is 264 g/mol. The molecule has 0 aromatic carbocycles. The van der Waals surface area contributed by atoms with E-state index in [2.05, 4.69) is 30.1 Å². The molecule has 2 heterocycles. The normalized spacial score (nSPS) is 15.0. The predicted octanol–water partition coefficient (Wildman–Crippen LogP) is 3.46. The Hall–Kier alpha value is -1.52. The molecule has 0 saturated heterocycles. The molecule has 4 heteroatoms. The van der Waals surface area contributed by atoms with Gasteiger partial charge in [-0.2, -0.15) is 0 Å². The fraction of sp³-hybridized carbons (Fsp3) is 0.529. The van der Waals surface area contributed by atoms with E-state index < -0.39 is 0 Å². The maximum Gasteiger partial charge on any atom is 0.118 e. The van der Waals surface area contributed by atoms with Crippen LogP contribution >= 0.6 is 0 Å². The van der Waals surface area contributed by atoms with Gasteiger partial charge in [0.1, 0.15) is 17.3 Å². The molecule has 4 nitrogen and oxygen atoms in total. The Kier molecular flexibility index (Phi) is 4.46. The zero-order valence-corrected chi connectivity index (χ0v) is 12.9. The van der Waals surface area contributed by atoms with Crippen LogP contribution in [0.2, 0.25) is 0 Å². The van der Waals surface area contributed by atoms with Crippen LogP contribution in [0.3, 0.4) is 0 Å². The largest absolute Gasteiger partial charge is 0.468 e. The van der Waals surface area contributed by atoms with Crippen LogP contribution < -0.4 is 5.32 Å². The van der Waals surface area contributed by atoms with E-state index in [1.54, 1.807) is 6.26 Å². The van der Waals surface area contributed by atoms with Gasteiger partial charge < -0.3 is 14.2 Å². The minimum Gasteiger partial charge on any atom is -0.468 e. The standard InChI is InChI=1S/C17H24N2O2/c1-3-19(12-16-5-4-8-20-16)11-14-9-17(21-13(14)2)10-18-15-6-7-15/h4-5,8-9,15,18H,3,6-7,10-12H2,1-2H3. The Morgan fingerprint density at radius 3 is 2.81 bits per heavy atom. The van der Waals surface area contributed by atoms with Gasteiger partial charge in [-0.05, 0) is 44.5 Å². The van der Waals surface area contributed by atoms with Gasteiger partial charge in [0.05, 0.1) is 19.4 Å². The van der Waals surface area contributed by atoms with E-state index in [1.165, 1.54) is 18.4 Å². The van der Waals surface area contributed by atoms with Crippen LogP contribution in [0.15, 0.2) is 33.3 Å². The van der Waals surface area contributed by atoms with Gasteiger partial charge >= 0.3 is 0 Å². The van der Waals surface area contributed by atoms with Crippen molar-refractivity contribution < 1.29 is 8.83 Å². The maximum absolute atomic E-state index is 5.86. The number of hydrogen-bond acceptors (Lipinski definition) is 4. The summed E-state index contributed by atoms with van der Waals surface area (Å²) in [7, 11) is 0. The van der Waals surface area contributed by atoms with Crippen LogP contribution in [0.5, 0.6) is 0 Å². The third kappa shape index (κ3) is 3.99. The van der Waals surface area contributed by atoms with E-state index in [0.717, 1.165) is 43.5 Å². The van der Waals surface area contributed by atoms with E-state index in [9.17, 15) is 0 Å². The van der Waals surface area contributed by atoms with Gasteiger partial charge in [0.2, 0.25) is 0 Å². The molecule has 0 radical (unpaired) electrons. The second kappa shape index (κ2) is 6.50. The van der Waals surface area contributed by atoms with Crippen molar-refractivity contribution in [3.05, 3.63) is 47.3 Å². The van der Waals surface area contributed by atoms with E-state index in [4.69, 9.17) is 8.83 Å². The molecule has 0 bridgehead atoms. The SMILES string of the molecule is CCN(Cc1ccco1)Cc1cc(CNC2CC2)oc1C. The van der Waals surface area contributed by atoms with Gasteiger partial charge in [-0.1, -0.05) is 6.92 Å². The van der Waals surface area contributed by atoms with Crippen LogP contribution in [0.4, 0.5) is 0 Å². The Labute approximate surface area is 126 Å². The summed E-state index contributed by atoms with van der Waals surface area (Å²) < 4.78 is 11.3. The number of aryl methyl sites for hydroxylation is 1. The van der Waals surface area contributed by atoms with Crippen LogP contribution in [-0.2, 0) is 19.6 Å². The summed E-state index contributed by atoms with van der Waals surface area (Å²) in [6.07, 6.45) is 4.34. The molecule has 1 aliphatic carbocycles. The van der Waals surface area contributed by atoms with E-state index in [1.807, 2.05) is 12.1 Å². The molecular formula is C17H24N2O2. The molecule has 3 rings (SSSR count). The molecule has 1 saturated carbocycles. The van der Waals surface area contributed by atoms with E-state index in [0.29, 0.717) is 6.04 Å². The molecule has 1 fully saturated rings. The summed E-state index contributed by atoms with van der Waals surface area (Å²) >= 11 is 0. The topological polar surface area (TPSA) is 41.6 Å². The predicted molar refractivity (Wildman–Crippen MR) is 81.8 cm³/mol.